The molecule has 0 saturated carbocycles. The number of likely N-dealkylation sites (N-methyl/N-ethyl adjacent to an activating group) is 1. The highest BCUT2D eigenvalue weighted by atomic mass is 79.9. The summed E-state index contributed by atoms with van der Waals surface area (Å²) >= 11 is 0. The zero-order chi connectivity index (χ0) is 6.74. The van der Waals surface area contributed by atoms with E-state index in [-0.39, 0.29) is 23.6 Å². The van der Waals surface area contributed by atoms with E-state index in [1.54, 1.807) is 0 Å². The molecule has 1 aliphatic heterocycles. The number of aliphatic hydroxyl groups is 1. The van der Waals surface area contributed by atoms with Gasteiger partial charge < -0.3 is 22.1 Å². The number of hydrogen-bond acceptors (Lipinski definition) is 1. The lowest BCUT2D eigenvalue weighted by Gasteiger charge is -2.21. The molecule has 0 amide bonds. The van der Waals surface area contributed by atoms with Crippen LogP contribution in [0.25, 0.3) is 0 Å². The van der Waals surface area contributed by atoms with Gasteiger partial charge in [-0.2, -0.15) is 0 Å². The number of rotatable bonds is 2. The average molecular weight is 206 g/mol. The summed E-state index contributed by atoms with van der Waals surface area (Å²) in [6.07, 6.45) is 8.10. The molecule has 1 rings (SSSR count). The fourth-order valence-corrected chi connectivity index (χ4v) is 0.907. The van der Waals surface area contributed by atoms with E-state index in [1.807, 2.05) is 12.2 Å². The van der Waals surface area contributed by atoms with Gasteiger partial charge >= 0.3 is 0 Å². The highest BCUT2D eigenvalue weighted by Gasteiger charge is 2.15. The molecule has 0 aromatic carbocycles. The van der Waals surface area contributed by atoms with Crippen molar-refractivity contribution in [2.45, 2.75) is 0 Å². The highest BCUT2D eigenvalue weighted by Crippen LogP contribution is 2.10. The lowest BCUT2D eigenvalue weighted by molar-refractivity contribution is -0.804. The van der Waals surface area contributed by atoms with Gasteiger partial charge in [-0.05, 0) is 12.2 Å². The van der Waals surface area contributed by atoms with Crippen LogP contribution in [0, 0.1) is 0 Å². The van der Waals surface area contributed by atoms with Crippen LogP contribution in [0.1, 0.15) is 0 Å². The molecule has 0 aliphatic carbocycles. The molecule has 0 aromatic heterocycles. The number of nitrogens with zero attached hydrogens (tertiary/aromatic N) is 1. The van der Waals surface area contributed by atoms with Crippen LogP contribution in [-0.2, 0) is 0 Å². The lowest BCUT2D eigenvalue weighted by Crippen LogP contribution is -3.00. The van der Waals surface area contributed by atoms with Crippen LogP contribution in [0.4, 0.5) is 0 Å². The van der Waals surface area contributed by atoms with Gasteiger partial charge in [0.15, 0.2) is 0 Å². The van der Waals surface area contributed by atoms with Crippen molar-refractivity contribution in [2.24, 2.45) is 0 Å². The molecule has 0 atom stereocenters. The number of aliphatic hydroxyl groups excluding tert-OH is 1. The first-order valence-electron chi connectivity index (χ1n) is 3.10. The predicted molar refractivity (Wildman–Crippen MR) is 36.4 cm³/mol. The number of halogens is 1. The standard InChI is InChI=1S/C7H12NO.BrH/c1-8(6-7-9)4-2-3-5-8;/h2-5,9H,6-7H2,1H3;1H/q+1;/p-1. The molecule has 0 spiro atoms. The number of hydrogen-bond donors (Lipinski definition) is 1. The van der Waals surface area contributed by atoms with E-state index < -0.39 is 0 Å². The summed E-state index contributed by atoms with van der Waals surface area (Å²) in [5.74, 6) is 0. The molecule has 0 unspecified atom stereocenters. The molecule has 0 radical (unpaired) electrons. The summed E-state index contributed by atoms with van der Waals surface area (Å²) < 4.78 is 0.733. The quantitative estimate of drug-likeness (QED) is 0.494. The minimum Gasteiger partial charge on any atom is -1.00 e. The van der Waals surface area contributed by atoms with Gasteiger partial charge in [-0.3, -0.25) is 4.48 Å². The summed E-state index contributed by atoms with van der Waals surface area (Å²) in [4.78, 5) is 0. The van der Waals surface area contributed by atoms with Crippen molar-refractivity contribution < 1.29 is 26.6 Å². The second-order valence-corrected chi connectivity index (χ2v) is 2.48. The van der Waals surface area contributed by atoms with Crippen molar-refractivity contribution in [3.8, 4) is 0 Å². The summed E-state index contributed by atoms with van der Waals surface area (Å²) in [5, 5.41) is 8.61. The first-order chi connectivity index (χ1) is 4.27. The van der Waals surface area contributed by atoms with Gasteiger partial charge in [-0.25, -0.2) is 0 Å². The minimum absolute atomic E-state index is 0. The smallest absolute Gasteiger partial charge is 0.110 e. The Balaban J connectivity index is 0.000000810. The van der Waals surface area contributed by atoms with Crippen molar-refractivity contribution >= 4 is 0 Å². The largest absolute Gasteiger partial charge is 1.00 e. The Morgan fingerprint density at radius 1 is 1.30 bits per heavy atom. The summed E-state index contributed by atoms with van der Waals surface area (Å²) in [6.45, 7) is 1.01. The van der Waals surface area contributed by atoms with E-state index in [1.165, 1.54) is 0 Å². The second kappa shape index (κ2) is 3.91. The van der Waals surface area contributed by atoms with Crippen molar-refractivity contribution in [3.05, 3.63) is 24.6 Å². The van der Waals surface area contributed by atoms with Crippen molar-refractivity contribution in [2.75, 3.05) is 20.2 Å². The molecule has 3 heteroatoms. The normalized spacial score (nSPS) is 19.0. The van der Waals surface area contributed by atoms with E-state index in [9.17, 15) is 0 Å². The van der Waals surface area contributed by atoms with Gasteiger partial charge in [0, 0.05) is 0 Å². The van der Waals surface area contributed by atoms with Crippen LogP contribution >= 0.6 is 0 Å². The summed E-state index contributed by atoms with van der Waals surface area (Å²) in [6, 6.07) is 0. The van der Waals surface area contributed by atoms with Gasteiger partial charge in [0.2, 0.25) is 0 Å². The molecule has 0 bridgehead atoms. The summed E-state index contributed by atoms with van der Waals surface area (Å²) in [7, 11) is 2.05. The van der Waals surface area contributed by atoms with Crippen LogP contribution in [-0.4, -0.2) is 29.8 Å². The minimum atomic E-state index is 0. The molecule has 2 nitrogen and oxygen atoms in total. The van der Waals surface area contributed by atoms with Crippen LogP contribution in [0.15, 0.2) is 24.6 Å². The third-order valence-electron chi connectivity index (χ3n) is 1.55. The maximum Gasteiger partial charge on any atom is 0.110 e. The molecule has 0 fully saturated rings. The second-order valence-electron chi connectivity index (χ2n) is 2.48. The Kier molecular flexibility index (Phi) is 3.86. The fourth-order valence-electron chi connectivity index (χ4n) is 0.907. The van der Waals surface area contributed by atoms with Gasteiger partial charge in [-0.15, -0.1) is 0 Å². The van der Waals surface area contributed by atoms with E-state index in [0.29, 0.717) is 0 Å². The van der Waals surface area contributed by atoms with Crippen LogP contribution in [0.5, 0.6) is 0 Å². The van der Waals surface area contributed by atoms with Gasteiger partial charge in [-0.1, -0.05) is 0 Å². The third-order valence-corrected chi connectivity index (χ3v) is 1.55. The predicted octanol–water partition coefficient (Wildman–Crippen LogP) is -2.53. The van der Waals surface area contributed by atoms with E-state index in [0.717, 1.165) is 11.0 Å². The zero-order valence-electron chi connectivity index (χ0n) is 6.00. The molecule has 1 N–H and O–H groups in total. The Morgan fingerprint density at radius 3 is 2.20 bits per heavy atom. The van der Waals surface area contributed by atoms with Crippen LogP contribution < -0.4 is 17.0 Å². The van der Waals surface area contributed by atoms with Gasteiger partial charge in [0.05, 0.1) is 13.7 Å². The lowest BCUT2D eigenvalue weighted by atomic mass is 10.5. The molecule has 58 valence electrons. The Bertz CT molecular complexity index is 142. The maximum atomic E-state index is 8.61. The van der Waals surface area contributed by atoms with Gasteiger partial charge in [0.1, 0.15) is 18.9 Å². The first kappa shape index (κ1) is 9.88. The summed E-state index contributed by atoms with van der Waals surface area (Å²) in [5.41, 5.74) is 0. The highest BCUT2D eigenvalue weighted by molar-refractivity contribution is 5.03. The number of quaternary nitrogens is 1. The zero-order valence-corrected chi connectivity index (χ0v) is 7.58. The Hall–Kier alpha value is -0.120. The van der Waals surface area contributed by atoms with E-state index >= 15 is 0 Å². The van der Waals surface area contributed by atoms with Gasteiger partial charge in [0.25, 0.3) is 0 Å². The third kappa shape index (κ3) is 2.25. The van der Waals surface area contributed by atoms with Crippen LogP contribution in [0.3, 0.4) is 0 Å². The average Bonchev–Trinajstić information content (AvgIpc) is 2.16. The molecule has 10 heavy (non-hydrogen) atoms. The number of allylic oxidation sites excluding steroid dienone is 2. The topological polar surface area (TPSA) is 20.2 Å². The fraction of sp³-hybridized carbons (Fsp3) is 0.429. The molecular weight excluding hydrogens is 194 g/mol. The SMILES string of the molecule is C[N+]1(CCO)C=CC=C1.[Br-]. The molecule has 1 heterocycles. The van der Waals surface area contributed by atoms with E-state index in [2.05, 4.69) is 19.4 Å². The monoisotopic (exact) mass is 205 g/mol. The maximum absolute atomic E-state index is 8.61. The van der Waals surface area contributed by atoms with Crippen molar-refractivity contribution in [1.82, 2.24) is 0 Å². The molecule has 0 aromatic rings. The van der Waals surface area contributed by atoms with Crippen LogP contribution in [0.2, 0.25) is 0 Å². The first-order valence-corrected chi connectivity index (χ1v) is 3.10. The van der Waals surface area contributed by atoms with Crippen molar-refractivity contribution in [3.63, 3.8) is 0 Å². The molecular formula is C7H12BrNO. The molecule has 0 saturated heterocycles. The van der Waals surface area contributed by atoms with E-state index in [4.69, 9.17) is 5.11 Å². The Morgan fingerprint density at radius 2 is 1.80 bits per heavy atom. The van der Waals surface area contributed by atoms with Crippen molar-refractivity contribution in [1.29, 1.82) is 0 Å². The molecule has 1 aliphatic rings. The Labute approximate surface area is 71.8 Å².